The van der Waals surface area contributed by atoms with Crippen LogP contribution in [0.5, 0.6) is 0 Å². The Kier molecular flexibility index (Phi) is 5.89. The first-order valence-electron chi connectivity index (χ1n) is 4.14. The summed E-state index contributed by atoms with van der Waals surface area (Å²) in [4.78, 5) is 31.3. The van der Waals surface area contributed by atoms with Gasteiger partial charge in [0.05, 0.1) is 13.1 Å². The van der Waals surface area contributed by atoms with Crippen LogP contribution in [0.1, 0.15) is 0 Å². The van der Waals surface area contributed by atoms with Crippen LogP contribution in [0.3, 0.4) is 0 Å². The molecule has 3 N–H and O–H groups in total. The second-order valence-corrected chi connectivity index (χ2v) is 2.62. The zero-order chi connectivity index (χ0) is 12.6. The number of carbonyl (C=O) groups excluding carboxylic acids is 3. The molecule has 0 aliphatic carbocycles. The molecular weight excluding hydrogens is 231 g/mol. The van der Waals surface area contributed by atoms with Gasteiger partial charge in [0, 0.05) is 0 Å². The molecule has 16 heavy (non-hydrogen) atoms. The van der Waals surface area contributed by atoms with Crippen molar-refractivity contribution < 1.29 is 27.6 Å². The molecule has 0 aromatic heterocycles. The van der Waals surface area contributed by atoms with E-state index in [0.717, 1.165) is 0 Å². The Hall–Kier alpha value is -1.80. The van der Waals surface area contributed by atoms with Crippen molar-refractivity contribution >= 4 is 18.2 Å². The van der Waals surface area contributed by atoms with Gasteiger partial charge in [0.1, 0.15) is 12.8 Å². The van der Waals surface area contributed by atoms with Crippen LogP contribution < -0.4 is 16.0 Å². The van der Waals surface area contributed by atoms with Crippen molar-refractivity contribution in [2.24, 2.45) is 0 Å². The lowest BCUT2D eigenvalue weighted by Crippen LogP contribution is -2.44. The number of amides is 3. The molecule has 0 aromatic rings. The molecule has 0 aliphatic rings. The highest BCUT2D eigenvalue weighted by atomic mass is 19.4. The molecule has 0 radical (unpaired) electrons. The Morgan fingerprint density at radius 2 is 1.75 bits per heavy atom. The Morgan fingerprint density at radius 1 is 1.12 bits per heavy atom. The standard InChI is InChI=1S/C7H10F3N3O3/c8-7(9,10)4-13-5(15)3-12-6(16)11-1-2-14/h2H,1,3-4H2,(H,13,15)(H2,11,12,16). The topological polar surface area (TPSA) is 87.3 Å². The van der Waals surface area contributed by atoms with Crippen LogP contribution in [0, 0.1) is 0 Å². The average Bonchev–Trinajstić information content (AvgIpc) is 2.19. The minimum Gasteiger partial charge on any atom is -0.345 e. The number of halogens is 3. The molecule has 0 saturated heterocycles. The summed E-state index contributed by atoms with van der Waals surface area (Å²) >= 11 is 0. The van der Waals surface area contributed by atoms with E-state index >= 15 is 0 Å². The van der Waals surface area contributed by atoms with Gasteiger partial charge in [0.15, 0.2) is 0 Å². The number of alkyl halides is 3. The fraction of sp³-hybridized carbons (Fsp3) is 0.571. The molecule has 6 nitrogen and oxygen atoms in total. The van der Waals surface area contributed by atoms with E-state index in [1.54, 1.807) is 5.32 Å². The normalized spacial score (nSPS) is 10.4. The number of hydrogen-bond donors (Lipinski definition) is 3. The first kappa shape index (κ1) is 14.2. The molecular formula is C7H10F3N3O3. The predicted octanol–water partition coefficient (Wildman–Crippen LogP) is -0.837. The molecule has 0 bridgehead atoms. The van der Waals surface area contributed by atoms with E-state index in [1.807, 2.05) is 10.6 Å². The summed E-state index contributed by atoms with van der Waals surface area (Å²) in [5.41, 5.74) is 0. The zero-order valence-electron chi connectivity index (χ0n) is 8.06. The first-order chi connectivity index (χ1) is 7.35. The molecule has 0 spiro atoms. The van der Waals surface area contributed by atoms with Crippen molar-refractivity contribution in [3.8, 4) is 0 Å². The van der Waals surface area contributed by atoms with Crippen molar-refractivity contribution in [1.82, 2.24) is 16.0 Å². The number of urea groups is 1. The van der Waals surface area contributed by atoms with Crippen molar-refractivity contribution in [3.05, 3.63) is 0 Å². The number of aldehydes is 1. The Balaban J connectivity index is 3.65. The first-order valence-corrected chi connectivity index (χ1v) is 4.14. The Labute approximate surface area is 88.6 Å². The summed E-state index contributed by atoms with van der Waals surface area (Å²) in [6.07, 6.45) is -4.07. The fourth-order valence-corrected chi connectivity index (χ4v) is 0.619. The molecule has 9 heteroatoms. The van der Waals surface area contributed by atoms with Crippen LogP contribution in [-0.4, -0.2) is 44.0 Å². The summed E-state index contributed by atoms with van der Waals surface area (Å²) in [5, 5.41) is 5.56. The smallest absolute Gasteiger partial charge is 0.345 e. The monoisotopic (exact) mass is 241 g/mol. The molecule has 0 unspecified atom stereocenters. The highest BCUT2D eigenvalue weighted by Gasteiger charge is 2.27. The van der Waals surface area contributed by atoms with Crippen LogP contribution in [0.25, 0.3) is 0 Å². The summed E-state index contributed by atoms with van der Waals surface area (Å²) in [7, 11) is 0. The lowest BCUT2D eigenvalue weighted by atomic mass is 10.5. The van der Waals surface area contributed by atoms with E-state index in [0.29, 0.717) is 6.29 Å². The van der Waals surface area contributed by atoms with Crippen LogP contribution in [0.2, 0.25) is 0 Å². The van der Waals surface area contributed by atoms with Gasteiger partial charge in [-0.05, 0) is 0 Å². The van der Waals surface area contributed by atoms with Crippen molar-refractivity contribution in [2.75, 3.05) is 19.6 Å². The van der Waals surface area contributed by atoms with E-state index in [-0.39, 0.29) is 6.54 Å². The minimum atomic E-state index is -4.49. The van der Waals surface area contributed by atoms with Gasteiger partial charge in [0.25, 0.3) is 0 Å². The van der Waals surface area contributed by atoms with Crippen LogP contribution in [-0.2, 0) is 9.59 Å². The van der Waals surface area contributed by atoms with E-state index in [1.165, 1.54) is 0 Å². The van der Waals surface area contributed by atoms with Crippen LogP contribution in [0.15, 0.2) is 0 Å². The van der Waals surface area contributed by atoms with Crippen LogP contribution >= 0.6 is 0 Å². The fourth-order valence-electron chi connectivity index (χ4n) is 0.619. The van der Waals surface area contributed by atoms with Gasteiger partial charge < -0.3 is 20.7 Å². The number of rotatable bonds is 5. The number of carbonyl (C=O) groups is 3. The van der Waals surface area contributed by atoms with Crippen molar-refractivity contribution in [2.45, 2.75) is 6.18 Å². The summed E-state index contributed by atoms with van der Waals surface area (Å²) in [6, 6.07) is -0.811. The maximum atomic E-state index is 11.6. The van der Waals surface area contributed by atoms with Crippen molar-refractivity contribution in [3.63, 3.8) is 0 Å². The van der Waals surface area contributed by atoms with Crippen LogP contribution in [0.4, 0.5) is 18.0 Å². The molecule has 92 valence electrons. The molecule has 0 saturated carbocycles. The van der Waals surface area contributed by atoms with Gasteiger partial charge in [-0.1, -0.05) is 0 Å². The SMILES string of the molecule is O=CCNC(=O)NCC(=O)NCC(F)(F)F. The van der Waals surface area contributed by atoms with Gasteiger partial charge >= 0.3 is 12.2 Å². The molecule has 3 amide bonds. The molecule has 0 heterocycles. The summed E-state index contributed by atoms with van der Waals surface area (Å²) < 4.78 is 34.9. The Bertz CT molecular complexity index is 267. The van der Waals surface area contributed by atoms with E-state index in [2.05, 4.69) is 0 Å². The lowest BCUT2D eigenvalue weighted by Gasteiger charge is -2.09. The summed E-state index contributed by atoms with van der Waals surface area (Å²) in [5.74, 6) is -0.974. The average molecular weight is 241 g/mol. The molecule has 0 fully saturated rings. The van der Waals surface area contributed by atoms with Gasteiger partial charge in [-0.3, -0.25) is 4.79 Å². The molecule has 0 rings (SSSR count). The highest BCUT2D eigenvalue weighted by Crippen LogP contribution is 2.11. The van der Waals surface area contributed by atoms with E-state index in [9.17, 15) is 27.6 Å². The zero-order valence-corrected chi connectivity index (χ0v) is 8.06. The number of nitrogens with one attached hydrogen (secondary N) is 3. The third-order valence-electron chi connectivity index (χ3n) is 1.24. The second-order valence-electron chi connectivity index (χ2n) is 2.62. The Morgan fingerprint density at radius 3 is 2.25 bits per heavy atom. The minimum absolute atomic E-state index is 0.240. The lowest BCUT2D eigenvalue weighted by molar-refractivity contribution is -0.137. The van der Waals surface area contributed by atoms with Gasteiger partial charge in [-0.15, -0.1) is 0 Å². The highest BCUT2D eigenvalue weighted by molar-refractivity contribution is 5.84. The molecule has 0 atom stereocenters. The molecule has 0 aliphatic heterocycles. The predicted molar refractivity (Wildman–Crippen MR) is 46.5 cm³/mol. The number of hydrogen-bond acceptors (Lipinski definition) is 3. The van der Waals surface area contributed by atoms with E-state index < -0.39 is 31.2 Å². The maximum Gasteiger partial charge on any atom is 0.405 e. The van der Waals surface area contributed by atoms with Crippen molar-refractivity contribution in [1.29, 1.82) is 0 Å². The largest absolute Gasteiger partial charge is 0.405 e. The van der Waals surface area contributed by atoms with E-state index in [4.69, 9.17) is 0 Å². The summed E-state index contributed by atoms with van der Waals surface area (Å²) in [6.45, 7) is -2.29. The van der Waals surface area contributed by atoms with Gasteiger partial charge in [-0.25, -0.2) is 4.79 Å². The molecule has 0 aromatic carbocycles. The quantitative estimate of drug-likeness (QED) is 0.548. The maximum absolute atomic E-state index is 11.6. The third kappa shape index (κ3) is 8.78. The van der Waals surface area contributed by atoms with Gasteiger partial charge in [0.2, 0.25) is 5.91 Å². The van der Waals surface area contributed by atoms with Gasteiger partial charge in [-0.2, -0.15) is 13.2 Å². The third-order valence-corrected chi connectivity index (χ3v) is 1.24. The second kappa shape index (κ2) is 6.64.